The van der Waals surface area contributed by atoms with Gasteiger partial charge in [-0.3, -0.25) is 9.59 Å². The predicted octanol–water partition coefficient (Wildman–Crippen LogP) is 3.56. The molecule has 0 spiro atoms. The van der Waals surface area contributed by atoms with Gasteiger partial charge in [-0.15, -0.1) is 0 Å². The Morgan fingerprint density at radius 1 is 1.04 bits per heavy atom. The molecule has 4 rings (SSSR count). The third kappa shape index (κ3) is 3.53. The first-order chi connectivity index (χ1) is 13.1. The molecule has 2 aromatic carbocycles. The Labute approximate surface area is 156 Å². The van der Waals surface area contributed by atoms with Gasteiger partial charge in [-0.05, 0) is 60.8 Å². The number of hydrogen-bond donors (Lipinski definition) is 2. The number of aryl methyl sites for hydroxylation is 1. The lowest BCUT2D eigenvalue weighted by atomic mass is 10.1. The molecule has 4 aromatic rings. The van der Waals surface area contributed by atoms with Gasteiger partial charge in [-0.1, -0.05) is 17.7 Å². The number of benzene rings is 2. The maximum Gasteiger partial charge on any atom is 0.253 e. The molecule has 0 aliphatic heterocycles. The second-order valence-corrected chi connectivity index (χ2v) is 6.54. The van der Waals surface area contributed by atoms with E-state index in [2.05, 4.69) is 10.3 Å². The van der Waals surface area contributed by atoms with Gasteiger partial charge in [0.1, 0.15) is 0 Å². The Hall–Kier alpha value is -3.60. The molecule has 134 valence electrons. The van der Waals surface area contributed by atoms with Crippen molar-refractivity contribution in [1.29, 1.82) is 0 Å². The number of pyridine rings is 1. The summed E-state index contributed by atoms with van der Waals surface area (Å²) in [5.41, 5.74) is 3.71. The summed E-state index contributed by atoms with van der Waals surface area (Å²) in [5.74, 6) is -0.215. The third-order valence-electron chi connectivity index (χ3n) is 4.53. The highest BCUT2D eigenvalue weighted by molar-refractivity contribution is 5.94. The van der Waals surface area contributed by atoms with Crippen molar-refractivity contribution in [2.24, 2.45) is 0 Å². The van der Waals surface area contributed by atoms with Crippen molar-refractivity contribution < 1.29 is 4.79 Å². The fraction of sp³-hybridized carbons (Fsp3) is 0.0909. The van der Waals surface area contributed by atoms with Crippen LogP contribution in [0.5, 0.6) is 0 Å². The number of aromatic amines is 1. The molecule has 0 saturated carbocycles. The Morgan fingerprint density at radius 3 is 2.67 bits per heavy atom. The molecule has 5 nitrogen and oxygen atoms in total. The van der Waals surface area contributed by atoms with E-state index in [1.54, 1.807) is 6.07 Å². The van der Waals surface area contributed by atoms with Gasteiger partial charge in [0.2, 0.25) is 0 Å². The van der Waals surface area contributed by atoms with Gasteiger partial charge in [0, 0.05) is 41.3 Å². The topological polar surface area (TPSA) is 66.9 Å². The number of rotatable bonds is 4. The van der Waals surface area contributed by atoms with E-state index in [-0.39, 0.29) is 18.0 Å². The Morgan fingerprint density at radius 2 is 1.85 bits per heavy atom. The molecule has 2 heterocycles. The number of amides is 1. The average Bonchev–Trinajstić information content (AvgIpc) is 3.21. The first kappa shape index (κ1) is 16.8. The lowest BCUT2D eigenvalue weighted by Crippen LogP contribution is -2.26. The summed E-state index contributed by atoms with van der Waals surface area (Å²) < 4.78 is 1.94. The van der Waals surface area contributed by atoms with Gasteiger partial charge >= 0.3 is 0 Å². The molecule has 2 N–H and O–H groups in total. The summed E-state index contributed by atoms with van der Waals surface area (Å²) in [6.07, 6.45) is 3.85. The highest BCUT2D eigenvalue weighted by Crippen LogP contribution is 2.14. The van der Waals surface area contributed by atoms with Gasteiger partial charge < -0.3 is 14.9 Å². The van der Waals surface area contributed by atoms with Crippen molar-refractivity contribution in [3.8, 4) is 5.69 Å². The number of carbonyl (C=O) groups is 1. The molecule has 27 heavy (non-hydrogen) atoms. The molecule has 2 aromatic heterocycles. The maximum absolute atomic E-state index is 12.5. The number of fused-ring (bicyclic) bond motifs is 1. The largest absolute Gasteiger partial charge is 0.348 e. The van der Waals surface area contributed by atoms with Crippen LogP contribution in [0.25, 0.3) is 16.6 Å². The monoisotopic (exact) mass is 357 g/mol. The zero-order valence-electron chi connectivity index (χ0n) is 14.9. The average molecular weight is 357 g/mol. The maximum atomic E-state index is 12.5. The van der Waals surface area contributed by atoms with Crippen molar-refractivity contribution in [2.45, 2.75) is 13.5 Å². The molecule has 0 bridgehead atoms. The van der Waals surface area contributed by atoms with Crippen LogP contribution in [0.2, 0.25) is 0 Å². The summed E-state index contributed by atoms with van der Waals surface area (Å²) in [6, 6.07) is 18.9. The Bertz CT molecular complexity index is 1170. The molecule has 0 saturated heterocycles. The summed E-state index contributed by atoms with van der Waals surface area (Å²) in [4.78, 5) is 27.7. The first-order valence-corrected chi connectivity index (χ1v) is 8.74. The summed E-state index contributed by atoms with van der Waals surface area (Å²) in [6.45, 7) is 2.18. The van der Waals surface area contributed by atoms with Crippen molar-refractivity contribution in [2.75, 3.05) is 0 Å². The van der Waals surface area contributed by atoms with E-state index in [9.17, 15) is 9.59 Å². The van der Waals surface area contributed by atoms with Gasteiger partial charge in [-0.25, -0.2) is 0 Å². The molecule has 0 unspecified atom stereocenters. The SMILES string of the molecule is Cc1ccc2[nH]c(=O)c(CNC(=O)c3cccc(-n4cccc4)c3)cc2c1. The number of nitrogens with one attached hydrogen (secondary N) is 2. The standard InChI is InChI=1S/C22H19N3O2/c1-15-7-8-20-17(11-15)12-18(22(27)24-20)14-23-21(26)16-5-4-6-19(13-16)25-9-2-3-10-25/h2-13H,14H2,1H3,(H,23,26)(H,24,27). The van der Waals surface area contributed by atoms with Crippen molar-refractivity contribution in [3.05, 3.63) is 100 Å². The van der Waals surface area contributed by atoms with E-state index in [4.69, 9.17) is 0 Å². The Balaban J connectivity index is 1.54. The van der Waals surface area contributed by atoms with Gasteiger partial charge in [-0.2, -0.15) is 0 Å². The van der Waals surface area contributed by atoms with Crippen LogP contribution in [0.15, 0.2) is 77.9 Å². The van der Waals surface area contributed by atoms with Crippen LogP contribution >= 0.6 is 0 Å². The van der Waals surface area contributed by atoms with Crippen LogP contribution < -0.4 is 10.9 Å². The fourth-order valence-corrected chi connectivity index (χ4v) is 3.09. The molecular formula is C22H19N3O2. The minimum atomic E-state index is -0.215. The first-order valence-electron chi connectivity index (χ1n) is 8.74. The third-order valence-corrected chi connectivity index (χ3v) is 4.53. The zero-order chi connectivity index (χ0) is 18.8. The quantitative estimate of drug-likeness (QED) is 0.586. The molecule has 0 fully saturated rings. The second-order valence-electron chi connectivity index (χ2n) is 6.54. The molecule has 1 amide bonds. The van der Waals surface area contributed by atoms with Crippen LogP contribution in [0, 0.1) is 6.92 Å². The van der Waals surface area contributed by atoms with Crippen LogP contribution in [-0.2, 0) is 6.54 Å². The number of carbonyl (C=O) groups excluding carboxylic acids is 1. The minimum Gasteiger partial charge on any atom is -0.348 e. The van der Waals surface area contributed by atoms with Crippen molar-refractivity contribution in [1.82, 2.24) is 14.9 Å². The van der Waals surface area contributed by atoms with Crippen LogP contribution in [-0.4, -0.2) is 15.5 Å². The lowest BCUT2D eigenvalue weighted by Gasteiger charge is -2.08. The Kier molecular flexibility index (Phi) is 4.34. The van der Waals surface area contributed by atoms with Gasteiger partial charge in [0.25, 0.3) is 11.5 Å². The summed E-state index contributed by atoms with van der Waals surface area (Å²) >= 11 is 0. The predicted molar refractivity (Wildman–Crippen MR) is 106 cm³/mol. The van der Waals surface area contributed by atoms with E-state index >= 15 is 0 Å². The van der Waals surface area contributed by atoms with E-state index in [0.717, 1.165) is 22.2 Å². The molecule has 0 aliphatic rings. The van der Waals surface area contributed by atoms with E-state index in [1.165, 1.54) is 0 Å². The van der Waals surface area contributed by atoms with Crippen molar-refractivity contribution >= 4 is 16.8 Å². The highest BCUT2D eigenvalue weighted by Gasteiger charge is 2.09. The lowest BCUT2D eigenvalue weighted by molar-refractivity contribution is 0.0951. The number of aromatic nitrogens is 2. The van der Waals surface area contributed by atoms with Crippen LogP contribution in [0.4, 0.5) is 0 Å². The zero-order valence-corrected chi connectivity index (χ0v) is 14.9. The number of hydrogen-bond acceptors (Lipinski definition) is 2. The molecule has 0 radical (unpaired) electrons. The van der Waals surface area contributed by atoms with E-state index < -0.39 is 0 Å². The van der Waals surface area contributed by atoms with Crippen LogP contribution in [0.3, 0.4) is 0 Å². The van der Waals surface area contributed by atoms with E-state index in [1.807, 2.05) is 78.5 Å². The smallest absolute Gasteiger partial charge is 0.253 e. The van der Waals surface area contributed by atoms with Gasteiger partial charge in [0.05, 0.1) is 0 Å². The molecular weight excluding hydrogens is 338 g/mol. The van der Waals surface area contributed by atoms with Crippen LogP contribution in [0.1, 0.15) is 21.5 Å². The van der Waals surface area contributed by atoms with Gasteiger partial charge in [0.15, 0.2) is 0 Å². The fourth-order valence-electron chi connectivity index (χ4n) is 3.09. The molecule has 0 atom stereocenters. The summed E-state index contributed by atoms with van der Waals surface area (Å²) in [7, 11) is 0. The minimum absolute atomic E-state index is 0.172. The van der Waals surface area contributed by atoms with Crippen molar-refractivity contribution in [3.63, 3.8) is 0 Å². The summed E-state index contributed by atoms with van der Waals surface area (Å²) in [5, 5.41) is 3.79. The number of H-pyrrole nitrogens is 1. The highest BCUT2D eigenvalue weighted by atomic mass is 16.1. The molecule has 0 aliphatic carbocycles. The normalized spacial score (nSPS) is 10.9. The van der Waals surface area contributed by atoms with E-state index in [0.29, 0.717) is 11.1 Å². The number of nitrogens with zero attached hydrogens (tertiary/aromatic N) is 1. The molecule has 5 heteroatoms. The second kappa shape index (κ2) is 6.96.